The Morgan fingerprint density at radius 2 is 0.639 bits per heavy atom. The van der Waals surface area contributed by atoms with Crippen LogP contribution in [0.3, 0.4) is 0 Å². The standard InChI is InChI=1S/C36H34/c1-5-33(29-19-11-7-12-20-29)27(3)35(31-23-15-9-16-24-31)36(32-25-17-10-18-26-32)28(4)34(6-2)30-21-13-8-14-22-30/h5-26H,1-4H3/b33-5-,34-6-,35-27+,36-28+. The predicted octanol–water partition coefficient (Wildman–Crippen LogP) is 10.1. The minimum absolute atomic E-state index is 1.21. The van der Waals surface area contributed by atoms with Crippen molar-refractivity contribution in [3.05, 3.63) is 167 Å². The highest BCUT2D eigenvalue weighted by molar-refractivity contribution is 6.14. The molecule has 0 saturated heterocycles. The van der Waals surface area contributed by atoms with Crippen molar-refractivity contribution in [2.75, 3.05) is 0 Å². The van der Waals surface area contributed by atoms with Gasteiger partial charge in [0.2, 0.25) is 0 Å². The summed E-state index contributed by atoms with van der Waals surface area (Å²) < 4.78 is 0. The smallest absolute Gasteiger partial charge is 0.00672 e. The summed E-state index contributed by atoms with van der Waals surface area (Å²) in [4.78, 5) is 0. The summed E-state index contributed by atoms with van der Waals surface area (Å²) in [5.74, 6) is 0. The molecule has 0 N–H and O–H groups in total. The maximum absolute atomic E-state index is 2.26. The molecule has 0 nitrogen and oxygen atoms in total. The van der Waals surface area contributed by atoms with E-state index in [0.717, 1.165) is 0 Å². The first-order chi connectivity index (χ1) is 17.7. The van der Waals surface area contributed by atoms with Gasteiger partial charge in [-0.15, -0.1) is 0 Å². The Morgan fingerprint density at radius 1 is 0.389 bits per heavy atom. The number of hydrogen-bond acceptors (Lipinski definition) is 0. The Labute approximate surface area is 216 Å². The molecule has 178 valence electrons. The summed E-state index contributed by atoms with van der Waals surface area (Å²) in [5, 5.41) is 0. The van der Waals surface area contributed by atoms with Crippen LogP contribution in [0.15, 0.2) is 145 Å². The molecule has 36 heavy (non-hydrogen) atoms. The molecule has 0 amide bonds. The van der Waals surface area contributed by atoms with Crippen LogP contribution in [0.5, 0.6) is 0 Å². The Morgan fingerprint density at radius 3 is 0.889 bits per heavy atom. The molecule has 4 aromatic carbocycles. The number of hydrogen-bond donors (Lipinski definition) is 0. The third kappa shape index (κ3) is 5.39. The van der Waals surface area contributed by atoms with E-state index in [2.05, 4.69) is 161 Å². The van der Waals surface area contributed by atoms with E-state index in [9.17, 15) is 0 Å². The number of rotatable bonds is 7. The molecule has 0 atom stereocenters. The maximum Gasteiger partial charge on any atom is -0.00672 e. The largest absolute Gasteiger partial charge is 0.0795 e. The van der Waals surface area contributed by atoms with Crippen LogP contribution < -0.4 is 0 Å². The summed E-state index contributed by atoms with van der Waals surface area (Å²) in [6.07, 6.45) is 4.47. The second-order valence-electron chi connectivity index (χ2n) is 8.87. The van der Waals surface area contributed by atoms with Crippen molar-refractivity contribution in [2.45, 2.75) is 27.7 Å². The molecule has 0 unspecified atom stereocenters. The van der Waals surface area contributed by atoms with Gasteiger partial charge < -0.3 is 0 Å². The Kier molecular flexibility index (Phi) is 8.32. The monoisotopic (exact) mass is 466 g/mol. The first-order valence-corrected chi connectivity index (χ1v) is 12.6. The third-order valence-electron chi connectivity index (χ3n) is 6.68. The minimum atomic E-state index is 1.21. The lowest BCUT2D eigenvalue weighted by atomic mass is 9.80. The van der Waals surface area contributed by atoms with Crippen LogP contribution in [-0.2, 0) is 0 Å². The van der Waals surface area contributed by atoms with Crippen molar-refractivity contribution in [3.63, 3.8) is 0 Å². The third-order valence-corrected chi connectivity index (χ3v) is 6.68. The van der Waals surface area contributed by atoms with E-state index in [-0.39, 0.29) is 0 Å². The van der Waals surface area contributed by atoms with Crippen LogP contribution in [0.25, 0.3) is 22.3 Å². The Balaban J connectivity index is 2.09. The van der Waals surface area contributed by atoms with Gasteiger partial charge in [-0.2, -0.15) is 0 Å². The molecule has 0 aromatic heterocycles. The van der Waals surface area contributed by atoms with Crippen LogP contribution in [0, 0.1) is 0 Å². The molecule has 0 bridgehead atoms. The molecule has 0 spiro atoms. The summed E-state index contributed by atoms with van der Waals surface area (Å²) in [6.45, 7) is 8.79. The average Bonchev–Trinajstić information content (AvgIpc) is 2.94. The lowest BCUT2D eigenvalue weighted by Crippen LogP contribution is -2.01. The first kappa shape index (κ1) is 24.9. The van der Waals surface area contributed by atoms with E-state index in [0.29, 0.717) is 0 Å². The van der Waals surface area contributed by atoms with Crippen molar-refractivity contribution < 1.29 is 0 Å². The Hall–Kier alpha value is -4.16. The van der Waals surface area contributed by atoms with E-state index in [1.165, 1.54) is 55.7 Å². The van der Waals surface area contributed by atoms with Gasteiger partial charge in [0.15, 0.2) is 0 Å². The minimum Gasteiger partial charge on any atom is -0.0795 e. The normalized spacial score (nSPS) is 13.7. The highest BCUT2D eigenvalue weighted by atomic mass is 14.2. The van der Waals surface area contributed by atoms with Crippen molar-refractivity contribution >= 4 is 22.3 Å². The summed E-state index contributed by atoms with van der Waals surface area (Å²) in [6, 6.07) is 43.0. The second kappa shape index (κ2) is 12.0. The van der Waals surface area contributed by atoms with Crippen LogP contribution in [-0.4, -0.2) is 0 Å². The van der Waals surface area contributed by atoms with Gasteiger partial charge in [0.1, 0.15) is 0 Å². The lowest BCUT2D eigenvalue weighted by Gasteiger charge is -2.23. The van der Waals surface area contributed by atoms with Gasteiger partial charge in [0.05, 0.1) is 0 Å². The molecule has 0 aliphatic carbocycles. The van der Waals surface area contributed by atoms with Crippen LogP contribution >= 0.6 is 0 Å². The first-order valence-electron chi connectivity index (χ1n) is 12.6. The zero-order valence-electron chi connectivity index (χ0n) is 21.7. The molecule has 0 heteroatoms. The second-order valence-corrected chi connectivity index (χ2v) is 8.87. The van der Waals surface area contributed by atoms with E-state index in [1.54, 1.807) is 0 Å². The average molecular weight is 467 g/mol. The predicted molar refractivity (Wildman–Crippen MR) is 158 cm³/mol. The Bertz CT molecular complexity index is 1290. The molecular formula is C36H34. The summed E-state index contributed by atoms with van der Waals surface area (Å²) in [5.41, 5.74) is 12.4. The quantitative estimate of drug-likeness (QED) is 0.238. The van der Waals surface area contributed by atoms with Crippen LogP contribution in [0.2, 0.25) is 0 Å². The van der Waals surface area contributed by atoms with Crippen LogP contribution in [0.1, 0.15) is 49.9 Å². The molecule has 4 rings (SSSR count). The highest BCUT2D eigenvalue weighted by Gasteiger charge is 2.20. The van der Waals surface area contributed by atoms with Gasteiger partial charge in [-0.1, -0.05) is 133 Å². The van der Waals surface area contributed by atoms with Crippen molar-refractivity contribution in [1.29, 1.82) is 0 Å². The van der Waals surface area contributed by atoms with Crippen molar-refractivity contribution in [1.82, 2.24) is 0 Å². The summed E-state index contributed by atoms with van der Waals surface area (Å²) in [7, 11) is 0. The lowest BCUT2D eigenvalue weighted by molar-refractivity contribution is 1.43. The van der Waals surface area contributed by atoms with Gasteiger partial charge in [0.25, 0.3) is 0 Å². The fourth-order valence-electron chi connectivity index (χ4n) is 5.01. The summed E-state index contributed by atoms with van der Waals surface area (Å²) >= 11 is 0. The number of benzene rings is 4. The van der Waals surface area contributed by atoms with Gasteiger partial charge in [0, 0.05) is 0 Å². The molecule has 0 fully saturated rings. The number of allylic oxidation sites excluding steroid dienone is 8. The topological polar surface area (TPSA) is 0 Å². The molecule has 0 heterocycles. The zero-order valence-corrected chi connectivity index (χ0v) is 21.7. The van der Waals surface area contributed by atoms with Crippen molar-refractivity contribution in [3.8, 4) is 0 Å². The van der Waals surface area contributed by atoms with Crippen molar-refractivity contribution in [2.24, 2.45) is 0 Å². The molecule has 0 aliphatic rings. The van der Waals surface area contributed by atoms with Crippen LogP contribution in [0.4, 0.5) is 0 Å². The zero-order chi connectivity index (χ0) is 25.3. The molecule has 0 saturated carbocycles. The molecule has 0 radical (unpaired) electrons. The van der Waals surface area contributed by atoms with Gasteiger partial charge in [-0.25, -0.2) is 0 Å². The molecule has 0 aliphatic heterocycles. The van der Waals surface area contributed by atoms with Gasteiger partial charge in [-0.3, -0.25) is 0 Å². The van der Waals surface area contributed by atoms with Gasteiger partial charge >= 0.3 is 0 Å². The van der Waals surface area contributed by atoms with E-state index in [4.69, 9.17) is 0 Å². The molecule has 4 aromatic rings. The fraction of sp³-hybridized carbons (Fsp3) is 0.111. The van der Waals surface area contributed by atoms with Gasteiger partial charge in [-0.05, 0) is 83.4 Å². The highest BCUT2D eigenvalue weighted by Crippen LogP contribution is 2.43. The fourth-order valence-corrected chi connectivity index (χ4v) is 5.01. The van der Waals surface area contributed by atoms with E-state index < -0.39 is 0 Å². The maximum atomic E-state index is 2.26. The van der Waals surface area contributed by atoms with E-state index in [1.807, 2.05) is 0 Å². The van der Waals surface area contributed by atoms with E-state index >= 15 is 0 Å². The molecular weight excluding hydrogens is 432 g/mol. The SMILES string of the molecule is C/C=C(/C(C)=C(/C(=C(C)/C(=C/C)c1ccccc1)c1ccccc1)c1ccccc1)c1ccccc1.